The number of benzene rings is 2. The second-order valence-corrected chi connectivity index (χ2v) is 10.8. The highest BCUT2D eigenvalue weighted by Crippen LogP contribution is 2.26. The van der Waals surface area contributed by atoms with Crippen molar-refractivity contribution in [1.29, 1.82) is 0 Å². The van der Waals surface area contributed by atoms with E-state index in [0.717, 1.165) is 16.9 Å². The molecule has 8 heteroatoms. The van der Waals surface area contributed by atoms with Gasteiger partial charge in [0.25, 0.3) is 5.91 Å². The number of rotatable bonds is 11. The van der Waals surface area contributed by atoms with Crippen LogP contribution in [0.1, 0.15) is 73.8 Å². The van der Waals surface area contributed by atoms with E-state index < -0.39 is 17.5 Å². The van der Waals surface area contributed by atoms with Gasteiger partial charge >= 0.3 is 0 Å². The number of hydrogen-bond acceptors (Lipinski definition) is 5. The first-order valence-corrected chi connectivity index (χ1v) is 13.1. The normalized spacial score (nSPS) is 12.1. The molecule has 0 radical (unpaired) electrons. The maximum atomic E-state index is 13.7. The van der Waals surface area contributed by atoms with Gasteiger partial charge in [0.05, 0.1) is 19.9 Å². The zero-order valence-electron chi connectivity index (χ0n) is 23.6. The zero-order valence-corrected chi connectivity index (χ0v) is 23.6. The van der Waals surface area contributed by atoms with E-state index in [1.165, 1.54) is 17.2 Å². The largest absolute Gasteiger partial charge is 0.497 e. The number of methoxy groups -OCH3 is 1. The minimum absolute atomic E-state index is 0.110. The van der Waals surface area contributed by atoms with Crippen LogP contribution in [0.2, 0.25) is 0 Å². The molecule has 0 spiro atoms. The summed E-state index contributed by atoms with van der Waals surface area (Å²) in [5, 5.41) is 5.66. The van der Waals surface area contributed by atoms with Crippen molar-refractivity contribution in [2.45, 2.75) is 58.5 Å². The third-order valence-electron chi connectivity index (χ3n) is 6.24. The molecule has 3 rings (SSSR count). The fourth-order valence-electron chi connectivity index (χ4n) is 4.17. The lowest BCUT2D eigenvalue weighted by molar-refractivity contribution is -0.140. The molecular weight excluding hydrogens is 494 g/mol. The number of carbonyl (C=O) groups excluding carboxylic acids is 3. The summed E-state index contributed by atoms with van der Waals surface area (Å²) in [4.78, 5) is 41.4. The van der Waals surface area contributed by atoms with E-state index in [0.29, 0.717) is 17.9 Å². The number of amides is 3. The third-order valence-corrected chi connectivity index (χ3v) is 6.24. The van der Waals surface area contributed by atoms with Crippen LogP contribution in [0.15, 0.2) is 71.3 Å². The van der Waals surface area contributed by atoms with Gasteiger partial charge in [0.1, 0.15) is 11.8 Å². The molecule has 2 N–H and O–H groups in total. The van der Waals surface area contributed by atoms with E-state index in [4.69, 9.17) is 9.15 Å². The maximum Gasteiger partial charge on any atom is 0.287 e. The second-order valence-electron chi connectivity index (χ2n) is 10.8. The number of furan rings is 1. The Labute approximate surface area is 230 Å². The molecule has 3 aromatic rings. The maximum absolute atomic E-state index is 13.7. The van der Waals surface area contributed by atoms with Gasteiger partial charge in [0.15, 0.2) is 5.76 Å². The molecule has 1 aromatic heterocycles. The average molecular weight is 534 g/mol. The average Bonchev–Trinajstić information content (AvgIpc) is 3.44. The Morgan fingerprint density at radius 2 is 1.59 bits per heavy atom. The van der Waals surface area contributed by atoms with Crippen molar-refractivity contribution >= 4 is 17.7 Å². The third kappa shape index (κ3) is 8.46. The molecule has 39 heavy (non-hydrogen) atoms. The molecular formula is C31H39N3O5. The molecule has 1 heterocycles. The Balaban J connectivity index is 1.94. The number of ether oxygens (including phenoxy) is 1. The van der Waals surface area contributed by atoms with Gasteiger partial charge in [-0.1, -0.05) is 50.2 Å². The summed E-state index contributed by atoms with van der Waals surface area (Å²) in [6.07, 6.45) is 1.90. The Morgan fingerprint density at radius 3 is 2.13 bits per heavy atom. The lowest BCUT2D eigenvalue weighted by Gasteiger charge is -2.34. The number of nitrogens with one attached hydrogen (secondary N) is 2. The highest BCUT2D eigenvalue weighted by atomic mass is 16.5. The van der Waals surface area contributed by atoms with Crippen molar-refractivity contribution in [2.75, 3.05) is 20.2 Å². The fourth-order valence-corrected chi connectivity index (χ4v) is 4.17. The summed E-state index contributed by atoms with van der Waals surface area (Å²) < 4.78 is 10.4. The van der Waals surface area contributed by atoms with Crippen LogP contribution in [0.4, 0.5) is 0 Å². The predicted octanol–water partition coefficient (Wildman–Crippen LogP) is 4.87. The standard InChI is InChI=1S/C31H39N3O5/c1-21(2)23-11-13-24(14-12-23)28(30(37)33-31(3,4)5)34(18-17-22-9-15-25(38-6)16-10-22)27(35)20-32-29(36)26-8-7-19-39-26/h7-16,19,21,28H,17-18,20H2,1-6H3,(H,32,36)(H,33,37)/t28-/m1/s1. The molecule has 0 aliphatic rings. The Morgan fingerprint density at radius 1 is 0.949 bits per heavy atom. The van der Waals surface area contributed by atoms with E-state index >= 15 is 0 Å². The monoisotopic (exact) mass is 533 g/mol. The van der Waals surface area contributed by atoms with Crippen molar-refractivity contribution in [3.63, 3.8) is 0 Å². The minimum atomic E-state index is -0.892. The summed E-state index contributed by atoms with van der Waals surface area (Å²) in [7, 11) is 1.61. The highest BCUT2D eigenvalue weighted by molar-refractivity contribution is 5.95. The van der Waals surface area contributed by atoms with Gasteiger partial charge in [-0.25, -0.2) is 0 Å². The van der Waals surface area contributed by atoms with Crippen LogP contribution in [0.5, 0.6) is 5.75 Å². The molecule has 0 unspecified atom stereocenters. The van der Waals surface area contributed by atoms with E-state index in [2.05, 4.69) is 24.5 Å². The molecule has 1 atom stereocenters. The zero-order chi connectivity index (χ0) is 28.6. The predicted molar refractivity (Wildman–Crippen MR) is 151 cm³/mol. The summed E-state index contributed by atoms with van der Waals surface area (Å²) in [5.41, 5.74) is 2.31. The minimum Gasteiger partial charge on any atom is -0.497 e. The summed E-state index contributed by atoms with van der Waals surface area (Å²) >= 11 is 0. The van der Waals surface area contributed by atoms with Crippen LogP contribution in [-0.2, 0) is 16.0 Å². The Kier molecular flexibility index (Phi) is 9.93. The first-order chi connectivity index (χ1) is 18.5. The number of hydrogen-bond donors (Lipinski definition) is 2. The van der Waals surface area contributed by atoms with E-state index in [1.807, 2.05) is 69.3 Å². The molecule has 0 aliphatic heterocycles. The van der Waals surface area contributed by atoms with Crippen molar-refractivity contribution in [2.24, 2.45) is 0 Å². The topological polar surface area (TPSA) is 101 Å². The lowest BCUT2D eigenvalue weighted by Crippen LogP contribution is -2.51. The quantitative estimate of drug-likeness (QED) is 0.366. The fraction of sp³-hybridized carbons (Fsp3) is 0.387. The molecule has 3 amide bonds. The highest BCUT2D eigenvalue weighted by Gasteiger charge is 2.33. The number of carbonyl (C=O) groups is 3. The first kappa shape index (κ1) is 29.5. The van der Waals surface area contributed by atoms with Crippen molar-refractivity contribution in [3.05, 3.63) is 89.4 Å². The smallest absolute Gasteiger partial charge is 0.287 e. The van der Waals surface area contributed by atoms with Gasteiger partial charge in [-0.3, -0.25) is 14.4 Å². The number of nitrogens with zero attached hydrogens (tertiary/aromatic N) is 1. The van der Waals surface area contributed by atoms with Crippen LogP contribution < -0.4 is 15.4 Å². The molecule has 0 fully saturated rings. The molecule has 0 aliphatic carbocycles. The molecule has 208 valence electrons. The van der Waals surface area contributed by atoms with Gasteiger partial charge in [-0.05, 0) is 74.1 Å². The van der Waals surface area contributed by atoms with E-state index in [-0.39, 0.29) is 30.7 Å². The van der Waals surface area contributed by atoms with Crippen molar-refractivity contribution in [1.82, 2.24) is 15.5 Å². The van der Waals surface area contributed by atoms with Crippen LogP contribution >= 0.6 is 0 Å². The molecule has 0 saturated carbocycles. The van der Waals surface area contributed by atoms with E-state index in [9.17, 15) is 14.4 Å². The van der Waals surface area contributed by atoms with Gasteiger partial charge < -0.3 is 24.7 Å². The molecule has 0 saturated heterocycles. The van der Waals surface area contributed by atoms with E-state index in [1.54, 1.807) is 13.2 Å². The molecule has 2 aromatic carbocycles. The molecule has 0 bridgehead atoms. The van der Waals surface area contributed by atoms with Crippen LogP contribution in [0.3, 0.4) is 0 Å². The second kappa shape index (κ2) is 13.1. The summed E-state index contributed by atoms with van der Waals surface area (Å²) in [5.74, 6) is -0.00418. The van der Waals surface area contributed by atoms with Crippen molar-refractivity contribution < 1.29 is 23.5 Å². The Bertz CT molecular complexity index is 1230. The van der Waals surface area contributed by atoms with Crippen LogP contribution in [-0.4, -0.2) is 48.4 Å². The molecule has 8 nitrogen and oxygen atoms in total. The Hall–Kier alpha value is -4.07. The van der Waals surface area contributed by atoms with Gasteiger partial charge in [-0.2, -0.15) is 0 Å². The van der Waals surface area contributed by atoms with Gasteiger partial charge in [0.2, 0.25) is 11.8 Å². The summed E-state index contributed by atoms with van der Waals surface area (Å²) in [6, 6.07) is 17.6. The SMILES string of the molecule is COc1ccc(CCN(C(=O)CNC(=O)c2ccco2)[C@@H](C(=O)NC(C)(C)C)c2ccc(C(C)C)cc2)cc1. The van der Waals surface area contributed by atoms with Crippen LogP contribution in [0, 0.1) is 0 Å². The van der Waals surface area contributed by atoms with Crippen molar-refractivity contribution in [3.8, 4) is 5.75 Å². The lowest BCUT2D eigenvalue weighted by atomic mass is 9.96. The van der Waals surface area contributed by atoms with Gasteiger partial charge in [-0.15, -0.1) is 0 Å². The van der Waals surface area contributed by atoms with Crippen LogP contribution in [0.25, 0.3) is 0 Å². The summed E-state index contributed by atoms with van der Waals surface area (Å²) in [6.45, 7) is 9.88. The first-order valence-electron chi connectivity index (χ1n) is 13.1. The van der Waals surface area contributed by atoms with Gasteiger partial charge in [0, 0.05) is 12.1 Å².